The first kappa shape index (κ1) is 13.2. The summed E-state index contributed by atoms with van der Waals surface area (Å²) in [4.78, 5) is 17.6. The number of benzene rings is 1. The van der Waals surface area contributed by atoms with Crippen LogP contribution in [0.25, 0.3) is 0 Å². The predicted molar refractivity (Wildman–Crippen MR) is 65.7 cm³/mol. The number of rotatable bonds is 5. The number of aryl methyl sites for hydroxylation is 1. The summed E-state index contributed by atoms with van der Waals surface area (Å²) in [5.41, 5.74) is 3.18. The Morgan fingerprint density at radius 3 is 2.44 bits per heavy atom. The van der Waals surface area contributed by atoms with E-state index in [0.717, 1.165) is 24.1 Å². The zero-order chi connectivity index (χ0) is 12.2. The Morgan fingerprint density at radius 1 is 1.25 bits per heavy atom. The maximum Gasteiger partial charge on any atom is 0.344 e. The predicted octanol–water partition coefficient (Wildman–Crippen LogP) is 2.36. The van der Waals surface area contributed by atoms with E-state index >= 15 is 0 Å². The molecule has 5 heteroatoms. The molecule has 1 aromatic carbocycles. The Balaban J connectivity index is 2.91. The third-order valence-corrected chi connectivity index (χ3v) is 3.05. The lowest BCUT2D eigenvalue weighted by molar-refractivity contribution is 0.375. The molecular weight excluding hydrogens is 225 g/mol. The summed E-state index contributed by atoms with van der Waals surface area (Å²) < 4.78 is 10.8. The van der Waals surface area contributed by atoms with Gasteiger partial charge in [-0.05, 0) is 30.0 Å². The molecule has 0 atom stereocenters. The summed E-state index contributed by atoms with van der Waals surface area (Å²) in [6, 6.07) is 5.80. The van der Waals surface area contributed by atoms with Gasteiger partial charge in [0.05, 0.1) is 0 Å². The van der Waals surface area contributed by atoms with Crippen molar-refractivity contribution >= 4 is 13.3 Å². The smallest absolute Gasteiger partial charge is 0.344 e. The molecule has 0 saturated carbocycles. The van der Waals surface area contributed by atoms with Crippen LogP contribution in [0.15, 0.2) is 18.2 Å². The third-order valence-electron chi connectivity index (χ3n) is 2.48. The van der Waals surface area contributed by atoms with Gasteiger partial charge in [-0.25, -0.2) is 0 Å². The van der Waals surface area contributed by atoms with Crippen molar-refractivity contribution in [3.8, 4) is 0 Å². The van der Waals surface area contributed by atoms with Gasteiger partial charge in [-0.1, -0.05) is 26.0 Å². The van der Waals surface area contributed by atoms with Gasteiger partial charge in [0, 0.05) is 5.69 Å². The second-order valence-corrected chi connectivity index (χ2v) is 5.30. The molecule has 3 N–H and O–H groups in total. The molecule has 1 aromatic rings. The van der Waals surface area contributed by atoms with Crippen LogP contribution >= 0.6 is 7.60 Å². The second-order valence-electron chi connectivity index (χ2n) is 3.65. The molecule has 0 aliphatic carbocycles. The molecule has 90 valence electrons. The quantitative estimate of drug-likeness (QED) is 0.694. The number of hydrogen-bond acceptors (Lipinski definition) is 2. The van der Waals surface area contributed by atoms with E-state index in [2.05, 4.69) is 12.2 Å². The van der Waals surface area contributed by atoms with Crippen molar-refractivity contribution < 1.29 is 14.4 Å². The fraction of sp³-hybridized carbons (Fsp3) is 0.455. The van der Waals surface area contributed by atoms with Gasteiger partial charge in [-0.15, -0.1) is 0 Å². The average Bonchev–Trinajstić information content (AvgIpc) is 2.24. The Kier molecular flexibility index (Phi) is 4.54. The highest BCUT2D eigenvalue weighted by atomic mass is 31.2. The van der Waals surface area contributed by atoms with E-state index in [1.54, 1.807) is 0 Å². The molecule has 0 aliphatic rings. The minimum atomic E-state index is -4.00. The number of hydrogen-bond donors (Lipinski definition) is 3. The highest BCUT2D eigenvalue weighted by molar-refractivity contribution is 7.51. The van der Waals surface area contributed by atoms with Crippen LogP contribution in [-0.2, 0) is 17.4 Å². The zero-order valence-electron chi connectivity index (χ0n) is 9.60. The van der Waals surface area contributed by atoms with Crippen LogP contribution in [-0.4, -0.2) is 16.1 Å². The molecule has 0 saturated heterocycles. The Hall–Kier alpha value is -0.830. The van der Waals surface area contributed by atoms with Gasteiger partial charge in [-0.3, -0.25) is 4.57 Å². The molecule has 0 aliphatic heterocycles. The van der Waals surface area contributed by atoms with E-state index in [0.29, 0.717) is 0 Å². The summed E-state index contributed by atoms with van der Waals surface area (Å²) >= 11 is 0. The van der Waals surface area contributed by atoms with E-state index in [1.165, 1.54) is 5.56 Å². The van der Waals surface area contributed by atoms with Gasteiger partial charge in [0.25, 0.3) is 0 Å². The SMILES string of the molecule is CCc1cccc(NCP(=O)(O)O)c1CC. The van der Waals surface area contributed by atoms with E-state index in [-0.39, 0.29) is 6.29 Å². The lowest BCUT2D eigenvalue weighted by atomic mass is 10.0. The lowest BCUT2D eigenvalue weighted by Gasteiger charge is -2.14. The van der Waals surface area contributed by atoms with Gasteiger partial charge in [0.15, 0.2) is 0 Å². The van der Waals surface area contributed by atoms with Gasteiger partial charge in [0.2, 0.25) is 0 Å². The maximum atomic E-state index is 10.8. The molecule has 0 radical (unpaired) electrons. The largest absolute Gasteiger partial charge is 0.374 e. The van der Waals surface area contributed by atoms with Crippen molar-refractivity contribution in [1.82, 2.24) is 0 Å². The molecular formula is C11H18NO3P. The molecule has 0 spiro atoms. The maximum absolute atomic E-state index is 10.8. The van der Waals surface area contributed by atoms with Crippen LogP contribution in [0.2, 0.25) is 0 Å². The third kappa shape index (κ3) is 3.63. The summed E-state index contributed by atoms with van der Waals surface area (Å²) in [6.07, 6.45) is 1.47. The number of anilines is 1. The molecule has 0 amide bonds. The van der Waals surface area contributed by atoms with Gasteiger partial charge < -0.3 is 15.1 Å². The van der Waals surface area contributed by atoms with Crippen LogP contribution in [0.5, 0.6) is 0 Å². The molecule has 1 rings (SSSR count). The van der Waals surface area contributed by atoms with Crippen LogP contribution in [0.3, 0.4) is 0 Å². The first-order valence-corrected chi connectivity index (χ1v) is 7.17. The summed E-state index contributed by atoms with van der Waals surface area (Å²) in [5.74, 6) is 0. The molecule has 0 unspecified atom stereocenters. The van der Waals surface area contributed by atoms with Gasteiger partial charge >= 0.3 is 7.60 Å². The van der Waals surface area contributed by atoms with Crippen LogP contribution in [0.4, 0.5) is 5.69 Å². The van der Waals surface area contributed by atoms with Crippen molar-refractivity contribution in [2.45, 2.75) is 26.7 Å². The monoisotopic (exact) mass is 243 g/mol. The summed E-state index contributed by atoms with van der Waals surface area (Å²) in [7, 11) is -4.00. The summed E-state index contributed by atoms with van der Waals surface area (Å²) in [5, 5.41) is 2.82. The molecule has 4 nitrogen and oxygen atoms in total. The van der Waals surface area contributed by atoms with Crippen molar-refractivity contribution in [1.29, 1.82) is 0 Å². The van der Waals surface area contributed by atoms with Crippen molar-refractivity contribution in [3.63, 3.8) is 0 Å². The highest BCUT2D eigenvalue weighted by Crippen LogP contribution is 2.34. The Bertz CT molecular complexity index is 400. The topological polar surface area (TPSA) is 69.6 Å². The molecule has 0 heterocycles. The summed E-state index contributed by atoms with van der Waals surface area (Å²) in [6.45, 7) is 4.11. The molecule has 0 aromatic heterocycles. The van der Waals surface area contributed by atoms with Crippen LogP contribution in [0, 0.1) is 0 Å². The normalized spacial score (nSPS) is 11.5. The zero-order valence-corrected chi connectivity index (χ0v) is 10.5. The van der Waals surface area contributed by atoms with E-state index in [9.17, 15) is 4.57 Å². The van der Waals surface area contributed by atoms with Gasteiger partial charge in [-0.2, -0.15) is 0 Å². The first-order chi connectivity index (χ1) is 7.48. The van der Waals surface area contributed by atoms with Crippen LogP contribution in [0.1, 0.15) is 25.0 Å². The van der Waals surface area contributed by atoms with Gasteiger partial charge in [0.1, 0.15) is 6.29 Å². The Labute approximate surface area is 95.9 Å². The number of nitrogens with one attached hydrogen (secondary N) is 1. The minimum absolute atomic E-state index is 0.312. The van der Waals surface area contributed by atoms with Crippen LogP contribution < -0.4 is 5.32 Å². The van der Waals surface area contributed by atoms with Crippen molar-refractivity contribution in [2.75, 3.05) is 11.6 Å². The highest BCUT2D eigenvalue weighted by Gasteiger charge is 2.13. The Morgan fingerprint density at radius 2 is 1.94 bits per heavy atom. The first-order valence-electron chi connectivity index (χ1n) is 5.37. The average molecular weight is 243 g/mol. The van der Waals surface area contributed by atoms with E-state index < -0.39 is 7.60 Å². The van der Waals surface area contributed by atoms with E-state index in [4.69, 9.17) is 9.79 Å². The lowest BCUT2D eigenvalue weighted by Crippen LogP contribution is -2.06. The minimum Gasteiger partial charge on any atom is -0.374 e. The van der Waals surface area contributed by atoms with E-state index in [1.807, 2.05) is 25.1 Å². The standard InChI is InChI=1S/C11H18NO3P/c1-3-9-6-5-7-11(10(9)4-2)12-8-16(13,14)15/h5-7,12H,3-4,8H2,1-2H3,(H2,13,14,15). The fourth-order valence-corrected chi connectivity index (χ4v) is 2.11. The molecule has 0 bridgehead atoms. The molecule has 16 heavy (non-hydrogen) atoms. The van der Waals surface area contributed by atoms with Crippen molar-refractivity contribution in [3.05, 3.63) is 29.3 Å². The van der Waals surface area contributed by atoms with Crippen molar-refractivity contribution in [2.24, 2.45) is 0 Å². The molecule has 0 fully saturated rings. The second kappa shape index (κ2) is 5.48. The fourth-order valence-electron chi connectivity index (χ4n) is 1.74.